The molecule has 0 saturated heterocycles. The number of hydrogen-bond acceptors (Lipinski definition) is 1. The van der Waals surface area contributed by atoms with Crippen molar-refractivity contribution in [1.29, 1.82) is 0 Å². The van der Waals surface area contributed by atoms with Gasteiger partial charge in [-0.3, -0.25) is 4.79 Å². The highest BCUT2D eigenvalue weighted by Gasteiger charge is 2.31. The molecule has 1 amide bonds. The summed E-state index contributed by atoms with van der Waals surface area (Å²) >= 11 is 3.65. The highest BCUT2D eigenvalue weighted by atomic mass is 79.9. The van der Waals surface area contributed by atoms with Crippen LogP contribution in [0.1, 0.15) is 36.9 Å². The summed E-state index contributed by atoms with van der Waals surface area (Å²) in [5.74, 6) is 0.147. The first-order valence-corrected chi connectivity index (χ1v) is 6.65. The summed E-state index contributed by atoms with van der Waals surface area (Å²) in [5.41, 5.74) is 2.60. The zero-order valence-corrected chi connectivity index (χ0v) is 11.0. The van der Waals surface area contributed by atoms with Crippen molar-refractivity contribution in [3.63, 3.8) is 0 Å². The lowest BCUT2D eigenvalue weighted by Crippen LogP contribution is -2.31. The van der Waals surface area contributed by atoms with E-state index in [-0.39, 0.29) is 11.9 Å². The smallest absolute Gasteiger partial charge is 0.220 e. The molecule has 3 heteroatoms. The predicted octanol–water partition coefficient (Wildman–Crippen LogP) is 2.96. The van der Waals surface area contributed by atoms with Crippen molar-refractivity contribution in [2.75, 3.05) is 0 Å². The van der Waals surface area contributed by atoms with Gasteiger partial charge in [0.25, 0.3) is 0 Å². The van der Waals surface area contributed by atoms with Gasteiger partial charge in [0.05, 0.1) is 6.04 Å². The molecule has 2 nitrogen and oxygen atoms in total. The molecule has 0 aromatic heterocycles. The summed E-state index contributed by atoms with van der Waals surface area (Å²) < 4.78 is 0. The molecule has 0 fully saturated rings. The molecule has 0 heterocycles. The summed E-state index contributed by atoms with van der Waals surface area (Å²) in [6.45, 7) is 2.02. The molecule has 86 valence electrons. The molecule has 0 aliphatic heterocycles. The van der Waals surface area contributed by atoms with Crippen LogP contribution in [-0.4, -0.2) is 10.7 Å². The Bertz CT molecular complexity index is 391. The summed E-state index contributed by atoms with van der Waals surface area (Å²) in [4.78, 5) is 11.9. The molecule has 16 heavy (non-hydrogen) atoms. The second-order valence-corrected chi connectivity index (χ2v) is 5.39. The Labute approximate surface area is 105 Å². The van der Waals surface area contributed by atoms with Crippen LogP contribution in [0.3, 0.4) is 0 Å². The number of nitrogens with one attached hydrogen (secondary N) is 1. The molecule has 1 aromatic carbocycles. The fraction of sp³-hybridized carbons (Fsp3) is 0.462. The Kier molecular flexibility index (Phi) is 3.64. The number of halogens is 1. The molecule has 1 aromatic rings. The van der Waals surface area contributed by atoms with Crippen molar-refractivity contribution < 1.29 is 4.79 Å². The average molecular weight is 282 g/mol. The quantitative estimate of drug-likeness (QED) is 0.848. The third-order valence-electron chi connectivity index (χ3n) is 2.96. The number of hydrogen-bond donors (Lipinski definition) is 1. The van der Waals surface area contributed by atoms with Crippen LogP contribution >= 0.6 is 15.9 Å². The summed E-state index contributed by atoms with van der Waals surface area (Å²) in [6.07, 6.45) is 2.50. The number of carbonyl (C=O) groups excluding carboxylic acids is 1. The van der Waals surface area contributed by atoms with Gasteiger partial charge >= 0.3 is 0 Å². The van der Waals surface area contributed by atoms with Crippen molar-refractivity contribution in [3.8, 4) is 0 Å². The van der Waals surface area contributed by atoms with Crippen molar-refractivity contribution in [1.82, 2.24) is 5.32 Å². The minimum Gasteiger partial charge on any atom is -0.348 e. The van der Waals surface area contributed by atoms with E-state index in [0.29, 0.717) is 11.2 Å². The highest BCUT2D eigenvalue weighted by Crippen LogP contribution is 2.35. The summed E-state index contributed by atoms with van der Waals surface area (Å²) in [7, 11) is 0. The van der Waals surface area contributed by atoms with E-state index in [1.807, 2.05) is 13.0 Å². The fourth-order valence-corrected chi connectivity index (χ4v) is 2.95. The van der Waals surface area contributed by atoms with E-state index in [4.69, 9.17) is 0 Å². The molecule has 0 bridgehead atoms. The van der Waals surface area contributed by atoms with Crippen LogP contribution in [0.5, 0.6) is 0 Å². The van der Waals surface area contributed by atoms with E-state index >= 15 is 0 Å². The number of benzene rings is 1. The summed E-state index contributed by atoms with van der Waals surface area (Å²) in [5, 5.41) is 3.10. The first kappa shape index (κ1) is 11.6. The minimum atomic E-state index is 0.134. The monoisotopic (exact) mass is 281 g/mol. The fourth-order valence-electron chi connectivity index (χ4n) is 2.19. The first-order chi connectivity index (χ1) is 7.72. The Hall–Kier alpha value is -0.830. The highest BCUT2D eigenvalue weighted by molar-refractivity contribution is 9.09. The normalized spacial score (nSPS) is 22.9. The van der Waals surface area contributed by atoms with Gasteiger partial charge in [0.15, 0.2) is 0 Å². The van der Waals surface area contributed by atoms with Gasteiger partial charge in [0.2, 0.25) is 5.91 Å². The van der Waals surface area contributed by atoms with Gasteiger partial charge in [-0.15, -0.1) is 0 Å². The molecule has 0 spiro atoms. The van der Waals surface area contributed by atoms with Crippen LogP contribution in [0.15, 0.2) is 24.3 Å². The molecule has 0 radical (unpaired) electrons. The van der Waals surface area contributed by atoms with Crippen LogP contribution in [0.2, 0.25) is 0 Å². The molecule has 1 N–H and O–H groups in total. The number of rotatable bonds is 3. The number of alkyl halides is 1. The van der Waals surface area contributed by atoms with Crippen molar-refractivity contribution in [2.45, 2.75) is 37.1 Å². The first-order valence-electron chi connectivity index (χ1n) is 5.73. The third kappa shape index (κ3) is 2.29. The predicted molar refractivity (Wildman–Crippen MR) is 68.7 cm³/mol. The Morgan fingerprint density at radius 1 is 1.50 bits per heavy atom. The molecule has 1 aliphatic rings. The van der Waals surface area contributed by atoms with E-state index in [2.05, 4.69) is 39.4 Å². The molecular formula is C13H16BrNO. The number of carbonyl (C=O) groups is 1. The second-order valence-electron chi connectivity index (χ2n) is 4.21. The molecule has 2 rings (SSSR count). The zero-order chi connectivity index (χ0) is 11.5. The van der Waals surface area contributed by atoms with Crippen molar-refractivity contribution in [2.24, 2.45) is 0 Å². The standard InChI is InChI=1S/C13H16BrNO/c1-2-5-12(16)15-13-10-7-4-3-6-9(10)8-11(13)14/h3-4,6-7,11,13H,2,5,8H2,1H3,(H,15,16). The second kappa shape index (κ2) is 5.00. The largest absolute Gasteiger partial charge is 0.348 e. The maximum absolute atomic E-state index is 11.6. The maximum Gasteiger partial charge on any atom is 0.220 e. The lowest BCUT2D eigenvalue weighted by Gasteiger charge is -2.17. The van der Waals surface area contributed by atoms with Gasteiger partial charge in [0, 0.05) is 11.2 Å². The minimum absolute atomic E-state index is 0.134. The van der Waals surface area contributed by atoms with Gasteiger partial charge in [0.1, 0.15) is 0 Å². The van der Waals surface area contributed by atoms with Crippen LogP contribution < -0.4 is 5.32 Å². The summed E-state index contributed by atoms with van der Waals surface area (Å²) in [6, 6.07) is 8.45. The number of fused-ring (bicyclic) bond motifs is 1. The lowest BCUT2D eigenvalue weighted by molar-refractivity contribution is -0.121. The van der Waals surface area contributed by atoms with Crippen LogP contribution in [0, 0.1) is 0 Å². The lowest BCUT2D eigenvalue weighted by atomic mass is 10.1. The Morgan fingerprint density at radius 3 is 3.00 bits per heavy atom. The van der Waals surface area contributed by atoms with Crippen molar-refractivity contribution in [3.05, 3.63) is 35.4 Å². The Balaban J connectivity index is 2.13. The van der Waals surface area contributed by atoms with Crippen LogP contribution in [-0.2, 0) is 11.2 Å². The average Bonchev–Trinajstić information content (AvgIpc) is 2.56. The van der Waals surface area contributed by atoms with Gasteiger partial charge < -0.3 is 5.32 Å². The number of amides is 1. The van der Waals surface area contributed by atoms with Crippen molar-refractivity contribution >= 4 is 21.8 Å². The van der Waals surface area contributed by atoms with Gasteiger partial charge in [-0.25, -0.2) is 0 Å². The van der Waals surface area contributed by atoms with E-state index in [1.165, 1.54) is 11.1 Å². The van der Waals surface area contributed by atoms with E-state index in [9.17, 15) is 4.79 Å². The van der Waals surface area contributed by atoms with Gasteiger partial charge in [-0.2, -0.15) is 0 Å². The van der Waals surface area contributed by atoms with E-state index in [0.717, 1.165) is 12.8 Å². The SMILES string of the molecule is CCCC(=O)NC1c2ccccc2CC1Br. The van der Waals surface area contributed by atoms with Crippen LogP contribution in [0.4, 0.5) is 0 Å². The molecule has 1 aliphatic carbocycles. The maximum atomic E-state index is 11.6. The molecule has 2 atom stereocenters. The molecular weight excluding hydrogens is 266 g/mol. The Morgan fingerprint density at radius 2 is 2.25 bits per heavy atom. The third-order valence-corrected chi connectivity index (χ3v) is 3.81. The van der Waals surface area contributed by atoms with Crippen LogP contribution in [0.25, 0.3) is 0 Å². The van der Waals surface area contributed by atoms with Gasteiger partial charge in [-0.1, -0.05) is 47.1 Å². The van der Waals surface area contributed by atoms with E-state index in [1.54, 1.807) is 0 Å². The molecule has 0 saturated carbocycles. The zero-order valence-electron chi connectivity index (χ0n) is 9.37. The van der Waals surface area contributed by atoms with Gasteiger partial charge in [-0.05, 0) is 24.0 Å². The topological polar surface area (TPSA) is 29.1 Å². The molecule has 2 unspecified atom stereocenters. The van der Waals surface area contributed by atoms with E-state index < -0.39 is 0 Å².